The summed E-state index contributed by atoms with van der Waals surface area (Å²) in [5.41, 5.74) is 9.15. The third-order valence-corrected chi connectivity index (χ3v) is 6.40. The lowest BCUT2D eigenvalue weighted by Crippen LogP contribution is -1.98. The topological polar surface area (TPSA) is 91.5 Å². The normalized spacial score (nSPS) is 14.1. The van der Waals surface area contributed by atoms with Gasteiger partial charge in [-0.3, -0.25) is 0 Å². The standard InChI is InChI=1S/C26H18N4O2S.ClH/c31-33(32)24-9-1-16(2-10-24)25-14-23-13-21-6-5-19(28-21)11-17-3-4-18(27-17)12-20-7-8-22(29-20)15-26(25)30-23;/h1-9,11-15,28,30H,10H2;1H. The third kappa shape index (κ3) is 4.31. The zero-order valence-corrected chi connectivity index (χ0v) is 19.5. The predicted octanol–water partition coefficient (Wildman–Crippen LogP) is 5.47. The molecule has 0 saturated carbocycles. The quantitative estimate of drug-likeness (QED) is 0.307. The zero-order chi connectivity index (χ0) is 22.4. The monoisotopic (exact) mass is 486 g/mol. The van der Waals surface area contributed by atoms with Crippen molar-refractivity contribution in [1.82, 2.24) is 19.9 Å². The third-order valence-electron chi connectivity index (χ3n) is 5.67. The first-order valence-corrected chi connectivity index (χ1v) is 11.6. The summed E-state index contributed by atoms with van der Waals surface area (Å²) in [6, 6.07) is 14.1. The van der Waals surface area contributed by atoms with Crippen molar-refractivity contribution in [3.8, 4) is 0 Å². The summed E-state index contributed by atoms with van der Waals surface area (Å²) >= 11 is 0. The fraction of sp³-hybridized carbons (Fsp3) is 0.0385. The largest absolute Gasteiger partial charge is 0.355 e. The molecule has 1 aliphatic carbocycles. The first-order chi connectivity index (χ1) is 16.1. The van der Waals surface area contributed by atoms with Gasteiger partial charge in [-0.05, 0) is 78.4 Å². The van der Waals surface area contributed by atoms with Gasteiger partial charge in [0, 0.05) is 34.1 Å². The van der Waals surface area contributed by atoms with Crippen LogP contribution in [0.4, 0.5) is 0 Å². The number of fused-ring (bicyclic) bond motifs is 8. The second kappa shape index (κ2) is 8.78. The second-order valence-electron chi connectivity index (χ2n) is 7.99. The summed E-state index contributed by atoms with van der Waals surface area (Å²) in [5.74, 6) is 0. The van der Waals surface area contributed by atoms with Gasteiger partial charge in [0.25, 0.3) is 0 Å². The molecule has 0 amide bonds. The van der Waals surface area contributed by atoms with E-state index < -0.39 is 10.3 Å². The molecule has 8 bridgehead atoms. The van der Waals surface area contributed by atoms with Gasteiger partial charge in [-0.1, -0.05) is 12.2 Å². The molecule has 3 aromatic heterocycles. The van der Waals surface area contributed by atoms with Crippen molar-refractivity contribution in [2.75, 3.05) is 0 Å². The molecule has 34 heavy (non-hydrogen) atoms. The highest BCUT2D eigenvalue weighted by atomic mass is 35.5. The van der Waals surface area contributed by atoms with E-state index >= 15 is 0 Å². The number of H-pyrrole nitrogens is 2. The smallest absolute Gasteiger partial charge is 0.217 e. The van der Waals surface area contributed by atoms with E-state index in [9.17, 15) is 8.42 Å². The van der Waals surface area contributed by atoms with E-state index in [2.05, 4.69) is 21.0 Å². The number of rotatable bonds is 1. The van der Waals surface area contributed by atoms with E-state index in [0.29, 0.717) is 11.3 Å². The number of aromatic amines is 2. The number of halogens is 1. The van der Waals surface area contributed by atoms with E-state index in [1.807, 2.05) is 72.9 Å². The van der Waals surface area contributed by atoms with Crippen LogP contribution in [0.1, 0.15) is 34.8 Å². The lowest BCUT2D eigenvalue weighted by Gasteiger charge is -2.05. The number of hydrogen-bond donors (Lipinski definition) is 2. The van der Waals surface area contributed by atoms with Crippen LogP contribution < -0.4 is 0 Å². The molecule has 6 rings (SSSR count). The van der Waals surface area contributed by atoms with Crippen LogP contribution in [0.5, 0.6) is 0 Å². The van der Waals surface area contributed by atoms with Crippen LogP contribution in [-0.4, -0.2) is 33.2 Å². The van der Waals surface area contributed by atoms with Gasteiger partial charge in [-0.2, -0.15) is 8.42 Å². The molecule has 3 aliphatic rings. The summed E-state index contributed by atoms with van der Waals surface area (Å²) in [6.45, 7) is 0. The van der Waals surface area contributed by atoms with Gasteiger partial charge in [0.2, 0.25) is 10.3 Å². The molecule has 168 valence electrons. The molecule has 0 atom stereocenters. The molecule has 0 saturated heterocycles. The highest BCUT2D eigenvalue weighted by Gasteiger charge is 2.11. The first-order valence-electron chi connectivity index (χ1n) is 10.5. The number of allylic oxidation sites excluding steroid dienone is 4. The Labute approximate surface area is 203 Å². The van der Waals surface area contributed by atoms with Gasteiger partial charge in [-0.15, -0.1) is 12.4 Å². The average Bonchev–Trinajstić information content (AvgIpc) is 3.59. The van der Waals surface area contributed by atoms with E-state index in [1.165, 1.54) is 0 Å². The van der Waals surface area contributed by atoms with Crippen molar-refractivity contribution in [2.24, 2.45) is 0 Å². The Morgan fingerprint density at radius 2 is 1.32 bits per heavy atom. The number of nitrogens with one attached hydrogen (secondary N) is 2. The summed E-state index contributed by atoms with van der Waals surface area (Å²) in [4.78, 5) is 16.6. The molecule has 6 nitrogen and oxygen atoms in total. The van der Waals surface area contributed by atoms with Crippen LogP contribution in [0.3, 0.4) is 0 Å². The van der Waals surface area contributed by atoms with Crippen molar-refractivity contribution in [2.45, 2.75) is 6.42 Å². The Balaban J connectivity index is 0.00000241. The molecular weight excluding hydrogens is 468 g/mol. The van der Waals surface area contributed by atoms with E-state index in [1.54, 1.807) is 6.08 Å². The molecule has 3 aromatic rings. The molecule has 5 heterocycles. The molecule has 2 N–H and O–H groups in total. The molecule has 8 heteroatoms. The number of nitrogens with zero attached hydrogens (tertiary/aromatic N) is 2. The van der Waals surface area contributed by atoms with Gasteiger partial charge in [-0.25, -0.2) is 9.97 Å². The van der Waals surface area contributed by atoms with Crippen molar-refractivity contribution in [1.29, 1.82) is 0 Å². The predicted molar refractivity (Wildman–Crippen MR) is 142 cm³/mol. The zero-order valence-electron chi connectivity index (χ0n) is 17.8. The van der Waals surface area contributed by atoms with Gasteiger partial charge < -0.3 is 9.97 Å². The van der Waals surface area contributed by atoms with Gasteiger partial charge >= 0.3 is 0 Å². The summed E-state index contributed by atoms with van der Waals surface area (Å²) in [7, 11) is -2.20. The number of aromatic nitrogens is 4. The fourth-order valence-electron chi connectivity index (χ4n) is 4.11. The van der Waals surface area contributed by atoms with Crippen LogP contribution in [0, 0.1) is 0 Å². The van der Waals surface area contributed by atoms with Crippen LogP contribution in [0.25, 0.3) is 51.9 Å². The summed E-state index contributed by atoms with van der Waals surface area (Å²) in [6.07, 6.45) is 13.7. The van der Waals surface area contributed by atoms with Crippen LogP contribution in [0.15, 0.2) is 60.7 Å². The molecule has 0 aromatic carbocycles. The maximum atomic E-state index is 11.3. The summed E-state index contributed by atoms with van der Waals surface area (Å²) < 4.78 is 22.6. The van der Waals surface area contributed by atoms with E-state index in [0.717, 1.165) is 56.0 Å². The van der Waals surface area contributed by atoms with Crippen LogP contribution in [0.2, 0.25) is 0 Å². The molecule has 0 fully saturated rings. The first kappa shape index (κ1) is 21.9. The fourth-order valence-corrected chi connectivity index (χ4v) is 4.51. The van der Waals surface area contributed by atoms with Crippen molar-refractivity contribution in [3.63, 3.8) is 0 Å². The van der Waals surface area contributed by atoms with Crippen molar-refractivity contribution < 1.29 is 8.42 Å². The minimum absolute atomic E-state index is 0. The Bertz CT molecular complexity index is 1740. The molecule has 0 spiro atoms. The minimum Gasteiger partial charge on any atom is -0.355 e. The Kier molecular flexibility index (Phi) is 5.65. The lowest BCUT2D eigenvalue weighted by atomic mass is 10.0. The van der Waals surface area contributed by atoms with Gasteiger partial charge in [0.15, 0.2) is 0 Å². The van der Waals surface area contributed by atoms with Crippen LogP contribution >= 0.6 is 12.4 Å². The Morgan fingerprint density at radius 3 is 1.97 bits per heavy atom. The SMILES string of the molecule is Cl.O=S(=O)=C1C=CC(c2cc3cc4ccc(cc5nc(cc6nc(cc2[nH]3)C=C6)C=C5)[nH]4)=CC1. The Morgan fingerprint density at radius 1 is 0.676 bits per heavy atom. The van der Waals surface area contributed by atoms with E-state index in [-0.39, 0.29) is 12.4 Å². The van der Waals surface area contributed by atoms with Crippen molar-refractivity contribution >= 4 is 79.5 Å². The molecular formula is C26H19ClN4O2S. The van der Waals surface area contributed by atoms with Crippen molar-refractivity contribution in [3.05, 3.63) is 89.0 Å². The maximum Gasteiger partial charge on any atom is 0.217 e. The van der Waals surface area contributed by atoms with Crippen LogP contribution in [-0.2, 0) is 10.3 Å². The maximum absolute atomic E-state index is 11.3. The number of hydrogen-bond acceptors (Lipinski definition) is 4. The molecule has 0 unspecified atom stereocenters. The summed E-state index contributed by atoms with van der Waals surface area (Å²) in [5, 5.41) is 0. The average molecular weight is 487 g/mol. The highest BCUT2D eigenvalue weighted by molar-refractivity contribution is 7.73. The second-order valence-corrected chi connectivity index (χ2v) is 8.98. The van der Waals surface area contributed by atoms with E-state index in [4.69, 9.17) is 4.98 Å². The minimum atomic E-state index is -2.20. The Hall–Kier alpha value is -3.94. The molecule has 0 radical (unpaired) electrons. The molecule has 2 aliphatic heterocycles. The van der Waals surface area contributed by atoms with Gasteiger partial charge in [0.05, 0.1) is 27.6 Å². The lowest BCUT2D eigenvalue weighted by molar-refractivity contribution is 0.627. The van der Waals surface area contributed by atoms with Gasteiger partial charge in [0.1, 0.15) is 0 Å². The highest BCUT2D eigenvalue weighted by Crippen LogP contribution is 2.27.